The van der Waals surface area contributed by atoms with E-state index in [1.807, 2.05) is 38.1 Å². The zero-order valence-corrected chi connectivity index (χ0v) is 17.6. The smallest absolute Gasteiger partial charge is 0.257 e. The van der Waals surface area contributed by atoms with Crippen LogP contribution in [0.1, 0.15) is 27.3 Å². The van der Waals surface area contributed by atoms with Crippen molar-refractivity contribution in [1.82, 2.24) is 4.57 Å². The average Bonchev–Trinajstić information content (AvgIpc) is 2.99. The molecule has 0 aliphatic rings. The summed E-state index contributed by atoms with van der Waals surface area (Å²) in [6.45, 7) is 5.45. The zero-order valence-electron chi connectivity index (χ0n) is 16.9. The highest BCUT2D eigenvalue weighted by atomic mass is 35.5. The van der Waals surface area contributed by atoms with Gasteiger partial charge in [0.15, 0.2) is 5.75 Å². The number of carbonyl (C=O) groups excluding carboxylic acids is 1. The summed E-state index contributed by atoms with van der Waals surface area (Å²) in [6.07, 6.45) is 0. The lowest BCUT2D eigenvalue weighted by Crippen LogP contribution is -2.15. The van der Waals surface area contributed by atoms with Crippen LogP contribution in [0.5, 0.6) is 5.75 Å². The van der Waals surface area contributed by atoms with Crippen molar-refractivity contribution in [3.8, 4) is 5.75 Å². The number of ether oxygens (including phenoxy) is 2. The number of rotatable bonds is 8. The normalized spacial score (nSPS) is 10.8. The molecule has 3 aromatic rings. The van der Waals surface area contributed by atoms with Gasteiger partial charge in [0.2, 0.25) is 0 Å². The molecule has 1 amide bonds. The summed E-state index contributed by atoms with van der Waals surface area (Å²) in [6, 6.07) is 17.4. The SMILES string of the molecule is COCCOc1c(Cl)cccc1NC(=O)c1cc(C)n(Cc2ccccc2)c1C. The summed E-state index contributed by atoms with van der Waals surface area (Å²) in [5.74, 6) is 0.244. The number of aryl methyl sites for hydroxylation is 1. The molecule has 0 atom stereocenters. The van der Waals surface area contributed by atoms with E-state index in [0.717, 1.165) is 11.4 Å². The lowest BCUT2D eigenvalue weighted by Gasteiger charge is -2.14. The van der Waals surface area contributed by atoms with Gasteiger partial charge >= 0.3 is 0 Å². The fourth-order valence-electron chi connectivity index (χ4n) is 3.21. The summed E-state index contributed by atoms with van der Waals surface area (Å²) >= 11 is 6.27. The predicted octanol–water partition coefficient (Wildman–Crippen LogP) is 5.08. The number of carbonyl (C=O) groups is 1. The Bertz CT molecular complexity index is 983. The molecule has 0 fully saturated rings. The molecule has 0 spiro atoms. The number of aromatic nitrogens is 1. The van der Waals surface area contributed by atoms with Gasteiger partial charge in [-0.2, -0.15) is 0 Å². The Kier molecular flexibility index (Phi) is 6.96. The molecule has 0 unspecified atom stereocenters. The van der Waals surface area contributed by atoms with Crippen molar-refractivity contribution in [2.24, 2.45) is 0 Å². The molecule has 0 bridgehead atoms. The molecule has 152 valence electrons. The van der Waals surface area contributed by atoms with E-state index in [2.05, 4.69) is 22.0 Å². The van der Waals surface area contributed by atoms with E-state index >= 15 is 0 Å². The Morgan fingerprint density at radius 1 is 1.07 bits per heavy atom. The van der Waals surface area contributed by atoms with Crippen molar-refractivity contribution in [3.63, 3.8) is 0 Å². The Labute approximate surface area is 176 Å². The molecule has 0 radical (unpaired) electrons. The fraction of sp³-hybridized carbons (Fsp3) is 0.261. The van der Waals surface area contributed by atoms with E-state index in [0.29, 0.717) is 41.8 Å². The van der Waals surface area contributed by atoms with E-state index in [4.69, 9.17) is 21.1 Å². The highest BCUT2D eigenvalue weighted by molar-refractivity contribution is 6.32. The highest BCUT2D eigenvalue weighted by Gasteiger charge is 2.18. The van der Waals surface area contributed by atoms with E-state index in [9.17, 15) is 4.79 Å². The number of hydrogen-bond acceptors (Lipinski definition) is 3. The maximum atomic E-state index is 13.0. The number of methoxy groups -OCH3 is 1. The van der Waals surface area contributed by atoms with Gasteiger partial charge in [0, 0.05) is 25.0 Å². The third-order valence-corrected chi connectivity index (χ3v) is 5.05. The fourth-order valence-corrected chi connectivity index (χ4v) is 3.44. The number of amides is 1. The molecule has 3 rings (SSSR count). The molecule has 0 saturated carbocycles. The van der Waals surface area contributed by atoms with Gasteiger partial charge in [-0.05, 0) is 37.6 Å². The summed E-state index contributed by atoms with van der Waals surface area (Å²) < 4.78 is 12.9. The molecule has 6 heteroatoms. The summed E-state index contributed by atoms with van der Waals surface area (Å²) in [7, 11) is 1.60. The van der Waals surface area contributed by atoms with Gasteiger partial charge in [0.1, 0.15) is 6.61 Å². The van der Waals surface area contributed by atoms with E-state index in [1.54, 1.807) is 25.3 Å². The molecule has 1 N–H and O–H groups in total. The first kappa shape index (κ1) is 21.0. The zero-order chi connectivity index (χ0) is 20.8. The van der Waals surface area contributed by atoms with Gasteiger partial charge in [0.25, 0.3) is 5.91 Å². The minimum atomic E-state index is -0.198. The number of halogens is 1. The van der Waals surface area contributed by atoms with Crippen LogP contribution in [-0.4, -0.2) is 30.8 Å². The highest BCUT2D eigenvalue weighted by Crippen LogP contribution is 2.33. The summed E-state index contributed by atoms with van der Waals surface area (Å²) in [5, 5.41) is 3.38. The Hall–Kier alpha value is -2.76. The van der Waals surface area contributed by atoms with Crippen LogP contribution >= 0.6 is 11.6 Å². The van der Waals surface area contributed by atoms with Crippen molar-refractivity contribution in [2.75, 3.05) is 25.6 Å². The van der Waals surface area contributed by atoms with Crippen LogP contribution in [0.25, 0.3) is 0 Å². The number of para-hydroxylation sites is 1. The topological polar surface area (TPSA) is 52.5 Å². The molecular weight excluding hydrogens is 388 g/mol. The first-order valence-electron chi connectivity index (χ1n) is 9.43. The molecule has 5 nitrogen and oxygen atoms in total. The minimum Gasteiger partial charge on any atom is -0.487 e. The minimum absolute atomic E-state index is 0.198. The lowest BCUT2D eigenvalue weighted by atomic mass is 10.2. The van der Waals surface area contributed by atoms with Crippen LogP contribution < -0.4 is 10.1 Å². The maximum absolute atomic E-state index is 13.0. The number of hydrogen-bond donors (Lipinski definition) is 1. The quantitative estimate of drug-likeness (QED) is 0.524. The average molecular weight is 413 g/mol. The standard InChI is InChI=1S/C23H25ClN2O3/c1-16-14-19(17(2)26(16)15-18-8-5-4-6-9-18)23(27)25-21-11-7-10-20(24)22(21)29-13-12-28-3/h4-11,14H,12-13,15H2,1-3H3,(H,25,27). The second-order valence-corrected chi connectivity index (χ2v) is 7.18. The Morgan fingerprint density at radius 3 is 2.55 bits per heavy atom. The summed E-state index contributed by atoms with van der Waals surface area (Å²) in [4.78, 5) is 13.0. The second kappa shape index (κ2) is 9.63. The van der Waals surface area contributed by atoms with Crippen molar-refractivity contribution in [2.45, 2.75) is 20.4 Å². The molecule has 1 heterocycles. The lowest BCUT2D eigenvalue weighted by molar-refractivity contribution is 0.102. The Balaban J connectivity index is 1.82. The molecule has 29 heavy (non-hydrogen) atoms. The van der Waals surface area contributed by atoms with Gasteiger partial charge in [-0.3, -0.25) is 4.79 Å². The molecule has 1 aromatic heterocycles. The number of nitrogens with one attached hydrogen (secondary N) is 1. The van der Waals surface area contributed by atoms with Crippen LogP contribution in [0.2, 0.25) is 5.02 Å². The monoisotopic (exact) mass is 412 g/mol. The first-order valence-corrected chi connectivity index (χ1v) is 9.81. The van der Waals surface area contributed by atoms with Gasteiger partial charge < -0.3 is 19.4 Å². The van der Waals surface area contributed by atoms with Gasteiger partial charge in [-0.25, -0.2) is 0 Å². The van der Waals surface area contributed by atoms with E-state index < -0.39 is 0 Å². The van der Waals surface area contributed by atoms with Crippen LogP contribution in [0.4, 0.5) is 5.69 Å². The van der Waals surface area contributed by atoms with Crippen LogP contribution in [0.15, 0.2) is 54.6 Å². The number of benzene rings is 2. The third-order valence-electron chi connectivity index (χ3n) is 4.75. The van der Waals surface area contributed by atoms with Crippen LogP contribution in [-0.2, 0) is 11.3 Å². The van der Waals surface area contributed by atoms with E-state index in [-0.39, 0.29) is 5.91 Å². The van der Waals surface area contributed by atoms with Crippen LogP contribution in [0.3, 0.4) is 0 Å². The van der Waals surface area contributed by atoms with Crippen molar-refractivity contribution >= 4 is 23.2 Å². The molecule has 0 saturated heterocycles. The Morgan fingerprint density at radius 2 is 1.83 bits per heavy atom. The first-order chi connectivity index (χ1) is 14.0. The molecule has 0 aliphatic carbocycles. The summed E-state index contributed by atoms with van der Waals surface area (Å²) in [5.41, 5.74) is 4.28. The third kappa shape index (κ3) is 5.00. The predicted molar refractivity (Wildman–Crippen MR) is 116 cm³/mol. The van der Waals surface area contributed by atoms with Crippen molar-refractivity contribution in [3.05, 3.63) is 82.1 Å². The maximum Gasteiger partial charge on any atom is 0.257 e. The van der Waals surface area contributed by atoms with Crippen molar-refractivity contribution in [1.29, 1.82) is 0 Å². The number of nitrogens with zero attached hydrogens (tertiary/aromatic N) is 1. The van der Waals surface area contributed by atoms with Crippen molar-refractivity contribution < 1.29 is 14.3 Å². The van der Waals surface area contributed by atoms with Gasteiger partial charge in [0.05, 0.1) is 22.9 Å². The largest absolute Gasteiger partial charge is 0.487 e. The van der Waals surface area contributed by atoms with Crippen LogP contribution in [0, 0.1) is 13.8 Å². The molecule has 0 aliphatic heterocycles. The molecule has 2 aromatic carbocycles. The van der Waals surface area contributed by atoms with Gasteiger partial charge in [-0.1, -0.05) is 48.0 Å². The van der Waals surface area contributed by atoms with Gasteiger partial charge in [-0.15, -0.1) is 0 Å². The molecular formula is C23H25ClN2O3. The number of anilines is 1. The van der Waals surface area contributed by atoms with E-state index in [1.165, 1.54) is 5.56 Å². The second-order valence-electron chi connectivity index (χ2n) is 6.77.